The molecule has 5 heteroatoms. The number of carbonyl (C=O) groups is 1. The van der Waals surface area contributed by atoms with Crippen LogP contribution in [0.4, 0.5) is 0 Å². The van der Waals surface area contributed by atoms with E-state index in [9.17, 15) is 4.79 Å². The van der Waals surface area contributed by atoms with Crippen LogP contribution in [0.15, 0.2) is 24.3 Å². The smallest absolute Gasteiger partial charge is 0.260 e. The van der Waals surface area contributed by atoms with E-state index < -0.39 is 0 Å². The van der Waals surface area contributed by atoms with Gasteiger partial charge in [-0.1, -0.05) is 32.4 Å². The van der Waals surface area contributed by atoms with Gasteiger partial charge in [-0.3, -0.25) is 4.79 Å². The van der Waals surface area contributed by atoms with E-state index in [1.54, 1.807) is 7.11 Å². The van der Waals surface area contributed by atoms with E-state index in [0.717, 1.165) is 25.9 Å². The van der Waals surface area contributed by atoms with Crippen LogP contribution < -0.4 is 9.47 Å². The van der Waals surface area contributed by atoms with Crippen molar-refractivity contribution in [3.63, 3.8) is 0 Å². The lowest BCUT2D eigenvalue weighted by Gasteiger charge is -2.40. The van der Waals surface area contributed by atoms with E-state index in [0.29, 0.717) is 17.5 Å². The summed E-state index contributed by atoms with van der Waals surface area (Å²) in [5.41, 5.74) is 0. The Bertz CT molecular complexity index is 536. The summed E-state index contributed by atoms with van der Waals surface area (Å²) in [6.45, 7) is 8.23. The highest BCUT2D eigenvalue weighted by Crippen LogP contribution is 2.26. The minimum Gasteiger partial charge on any atom is -0.493 e. The third-order valence-corrected chi connectivity index (χ3v) is 5.14. The number of amides is 1. The summed E-state index contributed by atoms with van der Waals surface area (Å²) in [4.78, 5) is 17.0. The summed E-state index contributed by atoms with van der Waals surface area (Å²) in [6, 6.07) is 8.09. The Kier molecular flexibility index (Phi) is 8.75. The maximum absolute atomic E-state index is 12.4. The van der Waals surface area contributed by atoms with Gasteiger partial charge in [0.05, 0.1) is 7.11 Å². The molecule has 0 unspecified atom stereocenters. The average Bonchev–Trinajstić information content (AvgIpc) is 2.74. The molecule has 0 radical (unpaired) electrons. The van der Waals surface area contributed by atoms with Gasteiger partial charge < -0.3 is 19.3 Å². The van der Waals surface area contributed by atoms with Gasteiger partial charge in [-0.15, -0.1) is 0 Å². The topological polar surface area (TPSA) is 42.0 Å². The van der Waals surface area contributed by atoms with Crippen molar-refractivity contribution in [2.24, 2.45) is 0 Å². The van der Waals surface area contributed by atoms with Gasteiger partial charge in [0.25, 0.3) is 5.91 Å². The van der Waals surface area contributed by atoms with E-state index >= 15 is 0 Å². The molecule has 0 spiro atoms. The molecule has 0 saturated carbocycles. The van der Waals surface area contributed by atoms with Gasteiger partial charge in [-0.05, 0) is 50.9 Å². The average molecular weight is 363 g/mol. The summed E-state index contributed by atoms with van der Waals surface area (Å²) >= 11 is 0. The van der Waals surface area contributed by atoms with Crippen LogP contribution in [0.3, 0.4) is 0 Å². The molecule has 0 N–H and O–H groups in total. The van der Waals surface area contributed by atoms with Crippen LogP contribution in [-0.2, 0) is 4.79 Å². The van der Waals surface area contributed by atoms with Crippen LogP contribution in [0, 0.1) is 0 Å². The fraction of sp³-hybridized carbons (Fsp3) is 0.667. The standard InChI is InChI=1S/C19H28N2O3.C2H6/c1-23-17-7-3-4-8-18(17)24-15-19(22)21-13-9-16(10-14-21)20-11-5-2-6-12-20;1-2/h3-4,7-8,16H,2,5-6,9-15H2,1H3;1-2H3. The second-order valence-electron chi connectivity index (χ2n) is 6.65. The van der Waals surface area contributed by atoms with E-state index in [1.807, 2.05) is 43.0 Å². The Labute approximate surface area is 158 Å². The van der Waals surface area contributed by atoms with Gasteiger partial charge in [-0.2, -0.15) is 0 Å². The largest absolute Gasteiger partial charge is 0.493 e. The van der Waals surface area contributed by atoms with E-state index in [4.69, 9.17) is 9.47 Å². The molecule has 26 heavy (non-hydrogen) atoms. The van der Waals surface area contributed by atoms with Crippen LogP contribution >= 0.6 is 0 Å². The molecule has 0 atom stereocenters. The monoisotopic (exact) mass is 362 g/mol. The maximum Gasteiger partial charge on any atom is 0.260 e. The number of carbonyl (C=O) groups excluding carboxylic acids is 1. The first-order chi connectivity index (χ1) is 12.8. The second-order valence-corrected chi connectivity index (χ2v) is 6.65. The van der Waals surface area contributed by atoms with Crippen molar-refractivity contribution >= 4 is 5.91 Å². The molecule has 2 heterocycles. The number of piperidine rings is 2. The zero-order valence-electron chi connectivity index (χ0n) is 16.6. The van der Waals surface area contributed by atoms with Gasteiger partial charge in [-0.25, -0.2) is 0 Å². The molecule has 2 saturated heterocycles. The Hall–Kier alpha value is -1.75. The molecule has 0 bridgehead atoms. The van der Waals surface area contributed by atoms with Gasteiger partial charge in [0.1, 0.15) is 0 Å². The predicted molar refractivity (Wildman–Crippen MR) is 105 cm³/mol. The molecule has 1 aromatic carbocycles. The summed E-state index contributed by atoms with van der Waals surface area (Å²) in [5.74, 6) is 1.35. The molecule has 0 aromatic heterocycles. The minimum absolute atomic E-state index is 0.0676. The first kappa shape index (κ1) is 20.6. The number of benzene rings is 1. The first-order valence-corrected chi connectivity index (χ1v) is 10.1. The molecule has 5 nitrogen and oxygen atoms in total. The number of hydrogen-bond acceptors (Lipinski definition) is 4. The van der Waals surface area contributed by atoms with Crippen molar-refractivity contribution < 1.29 is 14.3 Å². The van der Waals surface area contributed by atoms with Crippen molar-refractivity contribution in [1.29, 1.82) is 0 Å². The van der Waals surface area contributed by atoms with Crippen LogP contribution in [0.25, 0.3) is 0 Å². The predicted octanol–water partition coefficient (Wildman–Crippen LogP) is 3.58. The van der Waals surface area contributed by atoms with Crippen molar-refractivity contribution in [3.05, 3.63) is 24.3 Å². The zero-order valence-corrected chi connectivity index (χ0v) is 16.6. The Morgan fingerprint density at radius 2 is 1.62 bits per heavy atom. The minimum atomic E-state index is 0.0676. The highest BCUT2D eigenvalue weighted by atomic mass is 16.5. The summed E-state index contributed by atoms with van der Waals surface area (Å²) < 4.78 is 10.9. The fourth-order valence-electron chi connectivity index (χ4n) is 3.73. The van der Waals surface area contributed by atoms with E-state index in [-0.39, 0.29) is 12.5 Å². The molecular weight excluding hydrogens is 328 g/mol. The normalized spacial score (nSPS) is 18.7. The fourth-order valence-corrected chi connectivity index (χ4v) is 3.73. The summed E-state index contributed by atoms with van der Waals surface area (Å²) in [7, 11) is 1.61. The summed E-state index contributed by atoms with van der Waals surface area (Å²) in [6.07, 6.45) is 6.19. The lowest BCUT2D eigenvalue weighted by molar-refractivity contribution is -0.135. The molecule has 2 fully saturated rings. The quantitative estimate of drug-likeness (QED) is 0.803. The number of rotatable bonds is 5. The lowest BCUT2D eigenvalue weighted by Crippen LogP contribution is -2.49. The number of likely N-dealkylation sites (tertiary alicyclic amines) is 2. The Morgan fingerprint density at radius 1 is 1.00 bits per heavy atom. The number of para-hydroxylation sites is 2. The highest BCUT2D eigenvalue weighted by molar-refractivity contribution is 5.78. The van der Waals surface area contributed by atoms with E-state index in [1.165, 1.54) is 32.4 Å². The molecule has 1 aromatic rings. The van der Waals surface area contributed by atoms with Crippen molar-refractivity contribution in [1.82, 2.24) is 9.80 Å². The highest BCUT2D eigenvalue weighted by Gasteiger charge is 2.27. The molecular formula is C21H34N2O3. The van der Waals surface area contributed by atoms with Crippen molar-refractivity contribution in [3.8, 4) is 11.5 Å². The molecule has 3 rings (SSSR count). The molecule has 0 aliphatic carbocycles. The van der Waals surface area contributed by atoms with E-state index in [2.05, 4.69) is 4.90 Å². The first-order valence-electron chi connectivity index (χ1n) is 10.1. The van der Waals surface area contributed by atoms with Gasteiger partial charge in [0.15, 0.2) is 18.1 Å². The van der Waals surface area contributed by atoms with Crippen molar-refractivity contribution in [2.45, 2.75) is 52.0 Å². The molecule has 2 aliphatic rings. The molecule has 2 aliphatic heterocycles. The number of ether oxygens (including phenoxy) is 2. The third kappa shape index (κ3) is 5.63. The van der Waals surface area contributed by atoms with Crippen LogP contribution in [0.2, 0.25) is 0 Å². The summed E-state index contributed by atoms with van der Waals surface area (Å²) in [5, 5.41) is 0. The molecule has 146 valence electrons. The van der Waals surface area contributed by atoms with Gasteiger partial charge >= 0.3 is 0 Å². The SMILES string of the molecule is CC.COc1ccccc1OCC(=O)N1CCC(N2CCCCC2)CC1. The third-order valence-electron chi connectivity index (χ3n) is 5.14. The number of methoxy groups -OCH3 is 1. The lowest BCUT2D eigenvalue weighted by atomic mass is 10.00. The van der Waals surface area contributed by atoms with Crippen molar-refractivity contribution in [2.75, 3.05) is 39.9 Å². The Morgan fingerprint density at radius 3 is 2.23 bits per heavy atom. The maximum atomic E-state index is 12.4. The zero-order chi connectivity index (χ0) is 18.8. The number of hydrogen-bond donors (Lipinski definition) is 0. The van der Waals surface area contributed by atoms with Crippen LogP contribution in [-0.4, -0.2) is 61.6 Å². The van der Waals surface area contributed by atoms with Crippen LogP contribution in [0.1, 0.15) is 46.0 Å². The van der Waals surface area contributed by atoms with Crippen LogP contribution in [0.5, 0.6) is 11.5 Å². The number of nitrogens with zero attached hydrogens (tertiary/aromatic N) is 2. The second kappa shape index (κ2) is 11.1. The molecule has 1 amide bonds. The Balaban J connectivity index is 0.00000117. The van der Waals surface area contributed by atoms with Gasteiger partial charge in [0, 0.05) is 19.1 Å². The van der Waals surface area contributed by atoms with Gasteiger partial charge in [0.2, 0.25) is 0 Å².